The highest BCUT2D eigenvalue weighted by Crippen LogP contribution is 2.01. The average Bonchev–Trinajstić information content (AvgIpc) is 2.13. The van der Waals surface area contributed by atoms with E-state index in [1.54, 1.807) is 19.9 Å². The summed E-state index contributed by atoms with van der Waals surface area (Å²) in [5.41, 5.74) is 0. The van der Waals surface area contributed by atoms with Gasteiger partial charge in [-0.2, -0.15) is 0 Å². The van der Waals surface area contributed by atoms with Crippen molar-refractivity contribution in [3.8, 4) is 0 Å². The Kier molecular flexibility index (Phi) is 6.17. The summed E-state index contributed by atoms with van der Waals surface area (Å²) in [7, 11) is 0. The smallest absolute Gasteiger partial charge is 0.405 e. The van der Waals surface area contributed by atoms with Gasteiger partial charge in [0.1, 0.15) is 6.04 Å². The van der Waals surface area contributed by atoms with Crippen LogP contribution < -0.4 is 10.6 Å². The van der Waals surface area contributed by atoms with Crippen LogP contribution >= 0.6 is 0 Å². The number of hydrogen-bond acceptors (Lipinski definition) is 2. The monoisotopic (exact) mass is 214 g/mol. The Balaban J connectivity index is 4.16. The molecule has 0 radical (unpaired) electrons. The van der Waals surface area contributed by atoms with Crippen molar-refractivity contribution in [2.45, 2.75) is 26.3 Å². The summed E-state index contributed by atoms with van der Waals surface area (Å²) in [4.78, 5) is 22.0. The van der Waals surface area contributed by atoms with Gasteiger partial charge in [0.25, 0.3) is 0 Å². The summed E-state index contributed by atoms with van der Waals surface area (Å²) in [6.07, 6.45) is 1.17. The van der Waals surface area contributed by atoms with Crippen LogP contribution in [0.5, 0.6) is 0 Å². The molecule has 1 atom stereocenters. The van der Waals surface area contributed by atoms with Gasteiger partial charge in [0.2, 0.25) is 5.91 Å². The standard InChI is InChI=1S/C10H18N2O3/c1-4-5-6-11-9(13)8(7(2)3)12-10(14)15/h4,7-8,12H,1,5-6H2,2-3H3,(H,11,13)(H,14,15). The maximum atomic E-state index is 11.5. The molecule has 15 heavy (non-hydrogen) atoms. The van der Waals surface area contributed by atoms with E-state index in [2.05, 4.69) is 17.2 Å². The van der Waals surface area contributed by atoms with Crippen molar-refractivity contribution in [1.82, 2.24) is 10.6 Å². The number of carboxylic acid groups (broad SMARTS) is 1. The lowest BCUT2D eigenvalue weighted by atomic mass is 10.0. The predicted octanol–water partition coefficient (Wildman–Crippen LogP) is 0.971. The van der Waals surface area contributed by atoms with Crippen LogP contribution in [0.1, 0.15) is 20.3 Å². The minimum Gasteiger partial charge on any atom is -0.465 e. The zero-order valence-electron chi connectivity index (χ0n) is 9.12. The minimum absolute atomic E-state index is 0.0789. The van der Waals surface area contributed by atoms with E-state index < -0.39 is 12.1 Å². The van der Waals surface area contributed by atoms with E-state index in [1.165, 1.54) is 0 Å². The molecular formula is C10H18N2O3. The lowest BCUT2D eigenvalue weighted by Crippen LogP contribution is -2.49. The minimum atomic E-state index is -1.19. The first kappa shape index (κ1) is 13.5. The average molecular weight is 214 g/mol. The number of carbonyl (C=O) groups excluding carboxylic acids is 1. The molecule has 0 saturated carbocycles. The lowest BCUT2D eigenvalue weighted by molar-refractivity contribution is -0.123. The van der Waals surface area contributed by atoms with E-state index in [0.717, 1.165) is 0 Å². The van der Waals surface area contributed by atoms with Crippen molar-refractivity contribution < 1.29 is 14.7 Å². The van der Waals surface area contributed by atoms with E-state index >= 15 is 0 Å². The molecule has 0 bridgehead atoms. The molecule has 2 amide bonds. The second-order valence-corrected chi connectivity index (χ2v) is 3.54. The SMILES string of the molecule is C=CCCNC(=O)C(NC(=O)O)C(C)C. The second kappa shape index (κ2) is 6.86. The van der Waals surface area contributed by atoms with Gasteiger partial charge in [0, 0.05) is 6.54 Å². The summed E-state index contributed by atoms with van der Waals surface area (Å²) >= 11 is 0. The Morgan fingerprint density at radius 1 is 1.47 bits per heavy atom. The molecule has 0 spiro atoms. The molecular weight excluding hydrogens is 196 g/mol. The summed E-state index contributed by atoms with van der Waals surface area (Å²) < 4.78 is 0. The van der Waals surface area contributed by atoms with Gasteiger partial charge in [-0.05, 0) is 12.3 Å². The Hall–Kier alpha value is -1.52. The highest BCUT2D eigenvalue weighted by molar-refractivity contribution is 5.85. The quantitative estimate of drug-likeness (QED) is 0.455. The molecule has 5 heteroatoms. The fourth-order valence-electron chi connectivity index (χ4n) is 1.08. The maximum absolute atomic E-state index is 11.5. The Morgan fingerprint density at radius 3 is 2.47 bits per heavy atom. The highest BCUT2D eigenvalue weighted by atomic mass is 16.4. The van der Waals surface area contributed by atoms with Gasteiger partial charge in [-0.15, -0.1) is 6.58 Å². The number of rotatable bonds is 6. The number of carbonyl (C=O) groups is 2. The van der Waals surface area contributed by atoms with Crippen molar-refractivity contribution in [2.75, 3.05) is 6.54 Å². The molecule has 0 aromatic heterocycles. The summed E-state index contributed by atoms with van der Waals surface area (Å²) in [6.45, 7) is 7.57. The molecule has 0 aromatic rings. The van der Waals surface area contributed by atoms with Crippen LogP contribution in [0.2, 0.25) is 0 Å². The van der Waals surface area contributed by atoms with Crippen molar-refractivity contribution in [2.24, 2.45) is 5.92 Å². The molecule has 0 aliphatic rings. The third kappa shape index (κ3) is 5.72. The van der Waals surface area contributed by atoms with Gasteiger partial charge in [0.05, 0.1) is 0 Å². The molecule has 0 aromatic carbocycles. The molecule has 0 fully saturated rings. The van der Waals surface area contributed by atoms with Crippen LogP contribution in [-0.2, 0) is 4.79 Å². The third-order valence-electron chi connectivity index (χ3n) is 1.88. The van der Waals surface area contributed by atoms with E-state index in [9.17, 15) is 9.59 Å². The second-order valence-electron chi connectivity index (χ2n) is 3.54. The van der Waals surface area contributed by atoms with E-state index in [-0.39, 0.29) is 11.8 Å². The van der Waals surface area contributed by atoms with Gasteiger partial charge in [-0.3, -0.25) is 4.79 Å². The lowest BCUT2D eigenvalue weighted by Gasteiger charge is -2.19. The van der Waals surface area contributed by atoms with Crippen LogP contribution in [0, 0.1) is 5.92 Å². The molecule has 1 unspecified atom stereocenters. The van der Waals surface area contributed by atoms with Crippen molar-refractivity contribution in [3.05, 3.63) is 12.7 Å². The van der Waals surface area contributed by atoms with E-state index in [0.29, 0.717) is 13.0 Å². The molecule has 0 heterocycles. The zero-order chi connectivity index (χ0) is 11.8. The topological polar surface area (TPSA) is 78.4 Å². The third-order valence-corrected chi connectivity index (χ3v) is 1.88. The van der Waals surface area contributed by atoms with Gasteiger partial charge >= 0.3 is 6.09 Å². The Bertz CT molecular complexity index is 239. The largest absolute Gasteiger partial charge is 0.465 e. The number of hydrogen-bond donors (Lipinski definition) is 3. The molecule has 0 rings (SSSR count). The van der Waals surface area contributed by atoms with Crippen LogP contribution in [0.15, 0.2) is 12.7 Å². The first-order chi connectivity index (χ1) is 6.99. The summed E-state index contributed by atoms with van der Waals surface area (Å²) in [6, 6.07) is -0.702. The van der Waals surface area contributed by atoms with Crippen molar-refractivity contribution >= 4 is 12.0 Å². The van der Waals surface area contributed by atoms with Crippen molar-refractivity contribution in [3.63, 3.8) is 0 Å². The number of nitrogens with one attached hydrogen (secondary N) is 2. The van der Waals surface area contributed by atoms with Crippen LogP contribution in [0.4, 0.5) is 4.79 Å². The van der Waals surface area contributed by atoms with Crippen LogP contribution in [0.25, 0.3) is 0 Å². The van der Waals surface area contributed by atoms with Crippen molar-refractivity contribution in [1.29, 1.82) is 0 Å². The molecule has 5 nitrogen and oxygen atoms in total. The fraction of sp³-hybridized carbons (Fsp3) is 0.600. The Labute approximate surface area is 89.6 Å². The predicted molar refractivity (Wildman–Crippen MR) is 57.6 cm³/mol. The zero-order valence-corrected chi connectivity index (χ0v) is 9.12. The van der Waals surface area contributed by atoms with Gasteiger partial charge in [-0.1, -0.05) is 19.9 Å². The van der Waals surface area contributed by atoms with E-state index in [4.69, 9.17) is 5.11 Å². The summed E-state index contributed by atoms with van der Waals surface area (Å²) in [5, 5.41) is 13.4. The Morgan fingerprint density at radius 2 is 2.07 bits per heavy atom. The first-order valence-corrected chi connectivity index (χ1v) is 4.87. The van der Waals surface area contributed by atoms with Crippen LogP contribution in [-0.4, -0.2) is 29.7 Å². The molecule has 86 valence electrons. The van der Waals surface area contributed by atoms with Gasteiger partial charge in [-0.25, -0.2) is 4.79 Å². The molecule has 0 saturated heterocycles. The molecule has 0 aliphatic carbocycles. The summed E-state index contributed by atoms with van der Waals surface area (Å²) in [5.74, 6) is -0.376. The van der Waals surface area contributed by atoms with Gasteiger partial charge < -0.3 is 15.7 Å². The van der Waals surface area contributed by atoms with E-state index in [1.807, 2.05) is 0 Å². The maximum Gasteiger partial charge on any atom is 0.405 e. The normalized spacial score (nSPS) is 11.9. The van der Waals surface area contributed by atoms with Gasteiger partial charge in [0.15, 0.2) is 0 Å². The van der Waals surface area contributed by atoms with Crippen LogP contribution in [0.3, 0.4) is 0 Å². The first-order valence-electron chi connectivity index (χ1n) is 4.87. The molecule has 0 aliphatic heterocycles. The molecule has 3 N–H and O–H groups in total. The fourth-order valence-corrected chi connectivity index (χ4v) is 1.08. The number of amides is 2. The highest BCUT2D eigenvalue weighted by Gasteiger charge is 2.23.